The number of aromatic hydroxyl groups is 1. The maximum absolute atomic E-state index is 11.3. The zero-order valence-corrected chi connectivity index (χ0v) is 29.0. The largest absolute Gasteiger partial charge is 0.507 e. The summed E-state index contributed by atoms with van der Waals surface area (Å²) in [6, 6.07) is 54.1. The molecule has 0 radical (unpaired) electrons. The molecule has 0 fully saturated rings. The lowest BCUT2D eigenvalue weighted by Gasteiger charge is -2.26. The summed E-state index contributed by atoms with van der Waals surface area (Å²) in [5.74, 6) is 1.19. The minimum atomic E-state index is -0.166. The Balaban J connectivity index is 1.44. The number of phenolic OH excluding ortho intramolecular Hbond substituents is 1. The van der Waals surface area contributed by atoms with Gasteiger partial charge in [0.05, 0.1) is 11.4 Å². The molecule has 0 aliphatic rings. The summed E-state index contributed by atoms with van der Waals surface area (Å²) in [4.78, 5) is 12.3. The van der Waals surface area contributed by atoms with Crippen molar-refractivity contribution in [2.75, 3.05) is 4.90 Å². The van der Waals surface area contributed by atoms with Crippen molar-refractivity contribution >= 4 is 17.2 Å². The third-order valence-corrected chi connectivity index (χ3v) is 9.26. The molecule has 0 aliphatic heterocycles. The van der Waals surface area contributed by atoms with Crippen molar-refractivity contribution in [3.05, 3.63) is 181 Å². The summed E-state index contributed by atoms with van der Waals surface area (Å²) >= 11 is 0. The highest BCUT2D eigenvalue weighted by molar-refractivity contribution is 5.84. The average molecular weight is 652 g/mol. The molecule has 1 unspecified atom stereocenters. The molecule has 246 valence electrons. The van der Waals surface area contributed by atoms with Crippen LogP contribution in [0.5, 0.6) is 5.75 Å². The van der Waals surface area contributed by atoms with Crippen molar-refractivity contribution in [1.82, 2.24) is 9.97 Å². The quantitative estimate of drug-likeness (QED) is 0.178. The van der Waals surface area contributed by atoms with E-state index in [0.29, 0.717) is 0 Å². The SMILES string of the molecule is CC(c1ccccc1)c1ccc(O)c(-c2cc(C(C)(C)C)cc(-c3cc(-c4ccccc4)cc(N(c4ccccc4)c4ccccn4)c3)n2)c1. The number of phenols is 1. The standard InChI is InChI=1S/C46H41N3O/c1-32(33-16-8-5-9-17-33)35-23-24-44(50)41(29-35)43-31-38(46(2,3)4)30-42(48-43)37-26-36(34-18-10-6-11-19-34)27-40(28-37)49(39-20-12-7-13-21-39)45-22-14-15-25-47-45/h5-32,50H,1-4H3. The highest BCUT2D eigenvalue weighted by Crippen LogP contribution is 2.41. The van der Waals surface area contributed by atoms with E-state index in [9.17, 15) is 5.11 Å². The number of nitrogens with zero attached hydrogens (tertiary/aromatic N) is 3. The number of hydrogen-bond acceptors (Lipinski definition) is 4. The molecule has 2 aromatic heterocycles. The molecule has 0 saturated heterocycles. The van der Waals surface area contributed by atoms with E-state index in [1.807, 2.05) is 60.8 Å². The maximum atomic E-state index is 11.3. The van der Waals surface area contributed by atoms with Crippen LogP contribution in [0.3, 0.4) is 0 Å². The van der Waals surface area contributed by atoms with Crippen LogP contribution in [0.1, 0.15) is 50.3 Å². The molecular formula is C46H41N3O. The first-order valence-electron chi connectivity index (χ1n) is 17.1. The van der Waals surface area contributed by atoms with E-state index in [0.717, 1.165) is 62.0 Å². The number of rotatable bonds is 8. The third-order valence-electron chi connectivity index (χ3n) is 9.26. The predicted molar refractivity (Wildman–Crippen MR) is 207 cm³/mol. The summed E-state index contributed by atoms with van der Waals surface area (Å²) in [5, 5.41) is 11.3. The minimum Gasteiger partial charge on any atom is -0.507 e. The van der Waals surface area contributed by atoms with E-state index in [1.165, 1.54) is 5.56 Å². The van der Waals surface area contributed by atoms with Crippen LogP contribution >= 0.6 is 0 Å². The van der Waals surface area contributed by atoms with Crippen molar-refractivity contribution in [2.45, 2.75) is 39.0 Å². The normalized spacial score (nSPS) is 12.0. The first-order valence-corrected chi connectivity index (χ1v) is 17.1. The van der Waals surface area contributed by atoms with E-state index in [2.05, 4.69) is 130 Å². The molecule has 5 aromatic carbocycles. The fourth-order valence-electron chi connectivity index (χ4n) is 6.37. The van der Waals surface area contributed by atoms with Crippen LogP contribution in [0.2, 0.25) is 0 Å². The van der Waals surface area contributed by atoms with Gasteiger partial charge in [0.1, 0.15) is 11.6 Å². The lowest BCUT2D eigenvalue weighted by atomic mass is 9.85. The van der Waals surface area contributed by atoms with Crippen molar-refractivity contribution in [1.29, 1.82) is 0 Å². The van der Waals surface area contributed by atoms with Crippen molar-refractivity contribution in [3.8, 4) is 39.4 Å². The predicted octanol–water partition coefficient (Wildman–Crippen LogP) is 12.1. The number of benzene rings is 5. The molecular weight excluding hydrogens is 611 g/mol. The van der Waals surface area contributed by atoms with Gasteiger partial charge in [-0.05, 0) is 100.0 Å². The Morgan fingerprint density at radius 3 is 1.88 bits per heavy atom. The van der Waals surface area contributed by atoms with E-state index < -0.39 is 0 Å². The summed E-state index contributed by atoms with van der Waals surface area (Å²) in [6.45, 7) is 8.85. The number of pyridine rings is 2. The third kappa shape index (κ3) is 6.92. The molecule has 4 nitrogen and oxygen atoms in total. The molecule has 0 bridgehead atoms. The molecule has 0 saturated carbocycles. The van der Waals surface area contributed by atoms with E-state index in [4.69, 9.17) is 9.97 Å². The molecule has 4 heteroatoms. The van der Waals surface area contributed by atoms with Crippen molar-refractivity contribution < 1.29 is 5.11 Å². The van der Waals surface area contributed by atoms with Crippen LogP contribution < -0.4 is 4.90 Å². The molecule has 50 heavy (non-hydrogen) atoms. The van der Waals surface area contributed by atoms with Crippen LogP contribution in [-0.4, -0.2) is 15.1 Å². The highest BCUT2D eigenvalue weighted by Gasteiger charge is 2.22. The number of hydrogen-bond donors (Lipinski definition) is 1. The van der Waals surface area contributed by atoms with Gasteiger partial charge in [-0.3, -0.25) is 4.90 Å². The highest BCUT2D eigenvalue weighted by atomic mass is 16.3. The first-order chi connectivity index (χ1) is 24.2. The van der Waals surface area contributed by atoms with Crippen LogP contribution in [-0.2, 0) is 5.41 Å². The van der Waals surface area contributed by atoms with Gasteiger partial charge in [0.2, 0.25) is 0 Å². The van der Waals surface area contributed by atoms with Crippen molar-refractivity contribution in [2.24, 2.45) is 0 Å². The molecule has 7 aromatic rings. The van der Waals surface area contributed by atoms with Gasteiger partial charge in [0.15, 0.2) is 0 Å². The summed E-state index contributed by atoms with van der Waals surface area (Å²) < 4.78 is 0. The van der Waals surface area contributed by atoms with E-state index in [1.54, 1.807) is 6.07 Å². The number of anilines is 3. The Morgan fingerprint density at radius 2 is 1.20 bits per heavy atom. The van der Waals surface area contributed by atoms with Gasteiger partial charge in [-0.1, -0.05) is 119 Å². The van der Waals surface area contributed by atoms with Gasteiger partial charge in [0, 0.05) is 34.6 Å². The summed E-state index contributed by atoms with van der Waals surface area (Å²) in [6.07, 6.45) is 1.83. The Morgan fingerprint density at radius 1 is 0.560 bits per heavy atom. The first kappa shape index (κ1) is 32.5. The fourth-order valence-corrected chi connectivity index (χ4v) is 6.37. The monoisotopic (exact) mass is 651 g/mol. The zero-order valence-electron chi connectivity index (χ0n) is 29.0. The molecule has 1 N–H and O–H groups in total. The second-order valence-corrected chi connectivity index (χ2v) is 13.8. The van der Waals surface area contributed by atoms with Gasteiger partial charge in [-0.15, -0.1) is 0 Å². The van der Waals surface area contributed by atoms with Crippen LogP contribution in [0, 0.1) is 0 Å². The number of aromatic nitrogens is 2. The zero-order chi connectivity index (χ0) is 34.7. The van der Waals surface area contributed by atoms with Crippen LogP contribution in [0.15, 0.2) is 164 Å². The Bertz CT molecular complexity index is 2170. The van der Waals surface area contributed by atoms with Gasteiger partial charge in [0.25, 0.3) is 0 Å². The summed E-state index contributed by atoms with van der Waals surface area (Å²) in [5.41, 5.74) is 10.7. The minimum absolute atomic E-state index is 0.154. The fraction of sp³-hybridized carbons (Fsp3) is 0.130. The molecule has 0 aliphatic carbocycles. The maximum Gasteiger partial charge on any atom is 0.137 e. The molecule has 2 heterocycles. The van der Waals surface area contributed by atoms with E-state index >= 15 is 0 Å². The lowest BCUT2D eigenvalue weighted by molar-refractivity contribution is 0.476. The Labute approximate surface area is 295 Å². The summed E-state index contributed by atoms with van der Waals surface area (Å²) in [7, 11) is 0. The smallest absolute Gasteiger partial charge is 0.137 e. The van der Waals surface area contributed by atoms with Gasteiger partial charge < -0.3 is 5.11 Å². The van der Waals surface area contributed by atoms with Crippen molar-refractivity contribution in [3.63, 3.8) is 0 Å². The molecule has 1 atom stereocenters. The second-order valence-electron chi connectivity index (χ2n) is 13.8. The van der Waals surface area contributed by atoms with Crippen LogP contribution in [0.25, 0.3) is 33.6 Å². The topological polar surface area (TPSA) is 49.2 Å². The molecule has 7 rings (SSSR count). The molecule has 0 amide bonds. The lowest BCUT2D eigenvalue weighted by Crippen LogP contribution is -2.13. The Kier molecular flexibility index (Phi) is 9.02. The Hall–Kier alpha value is -6.00. The number of para-hydroxylation sites is 1. The molecule has 0 spiro atoms. The van der Waals surface area contributed by atoms with Gasteiger partial charge >= 0.3 is 0 Å². The van der Waals surface area contributed by atoms with Crippen LogP contribution in [0.4, 0.5) is 17.2 Å². The average Bonchev–Trinajstić information content (AvgIpc) is 3.16. The van der Waals surface area contributed by atoms with Gasteiger partial charge in [-0.2, -0.15) is 0 Å². The second kappa shape index (κ2) is 13.9. The van der Waals surface area contributed by atoms with Gasteiger partial charge in [-0.25, -0.2) is 9.97 Å². The van der Waals surface area contributed by atoms with E-state index in [-0.39, 0.29) is 17.1 Å².